The number of halogens is 1. The molecule has 3 heteroatoms. The van der Waals surface area contributed by atoms with Gasteiger partial charge in [0.25, 0.3) is 0 Å². The van der Waals surface area contributed by atoms with Gasteiger partial charge in [0.2, 0.25) is 0 Å². The van der Waals surface area contributed by atoms with Gasteiger partial charge in [-0.3, -0.25) is 0 Å². The van der Waals surface area contributed by atoms with Crippen molar-refractivity contribution in [3.8, 4) is 0 Å². The summed E-state index contributed by atoms with van der Waals surface area (Å²) in [6.45, 7) is 0.986. The predicted molar refractivity (Wildman–Crippen MR) is 82.0 cm³/mol. The number of rotatable bonds is 4. The van der Waals surface area contributed by atoms with Crippen LogP contribution < -0.4 is 10.6 Å². The molecule has 2 nitrogen and oxygen atoms in total. The summed E-state index contributed by atoms with van der Waals surface area (Å²) in [5.41, 5.74) is 9.02. The van der Waals surface area contributed by atoms with Gasteiger partial charge in [-0.1, -0.05) is 28.1 Å². The van der Waals surface area contributed by atoms with E-state index in [1.807, 2.05) is 18.2 Å². The van der Waals surface area contributed by atoms with Crippen LogP contribution in [-0.4, -0.2) is 13.6 Å². The molecule has 0 amide bonds. The number of hydrogen-bond donors (Lipinski definition) is 1. The van der Waals surface area contributed by atoms with Crippen LogP contribution in [0.2, 0.25) is 0 Å². The fraction of sp³-hybridized carbons (Fsp3) is 0.200. The zero-order valence-corrected chi connectivity index (χ0v) is 12.0. The number of benzene rings is 2. The van der Waals surface area contributed by atoms with Crippen LogP contribution in [0.25, 0.3) is 0 Å². The smallest absolute Gasteiger partial charge is 0.0365 e. The van der Waals surface area contributed by atoms with Crippen molar-refractivity contribution in [2.24, 2.45) is 0 Å². The van der Waals surface area contributed by atoms with Crippen molar-refractivity contribution >= 4 is 27.3 Å². The molecule has 0 aliphatic rings. The molecule has 0 aliphatic heterocycles. The van der Waals surface area contributed by atoms with E-state index in [-0.39, 0.29) is 0 Å². The Bertz CT molecular complexity index is 508. The molecule has 0 spiro atoms. The Labute approximate surface area is 117 Å². The lowest BCUT2D eigenvalue weighted by atomic mass is 10.1. The Kier molecular flexibility index (Phi) is 4.26. The molecule has 0 heterocycles. The van der Waals surface area contributed by atoms with Crippen LogP contribution >= 0.6 is 15.9 Å². The molecule has 0 saturated heterocycles. The Morgan fingerprint density at radius 3 is 2.50 bits per heavy atom. The normalized spacial score (nSPS) is 10.3. The molecule has 94 valence electrons. The third-order valence-corrected chi connectivity index (χ3v) is 3.45. The maximum atomic E-state index is 5.68. The predicted octanol–water partition coefficient (Wildman–Crippen LogP) is 3.71. The summed E-state index contributed by atoms with van der Waals surface area (Å²) in [5.74, 6) is 0. The molecule has 0 saturated carbocycles. The first-order valence-electron chi connectivity index (χ1n) is 5.96. The van der Waals surface area contributed by atoms with Crippen LogP contribution in [0.15, 0.2) is 53.0 Å². The zero-order chi connectivity index (χ0) is 13.0. The minimum Gasteiger partial charge on any atom is -0.399 e. The third-order valence-electron chi connectivity index (χ3n) is 2.96. The van der Waals surface area contributed by atoms with E-state index in [1.54, 1.807) is 0 Å². The summed E-state index contributed by atoms with van der Waals surface area (Å²) in [4.78, 5) is 2.24. The zero-order valence-electron chi connectivity index (χ0n) is 10.4. The third kappa shape index (κ3) is 3.50. The topological polar surface area (TPSA) is 29.3 Å². The monoisotopic (exact) mass is 304 g/mol. The van der Waals surface area contributed by atoms with E-state index in [0.717, 1.165) is 23.1 Å². The summed E-state index contributed by atoms with van der Waals surface area (Å²) < 4.78 is 1.13. The minimum atomic E-state index is 0.805. The number of likely N-dealkylation sites (N-methyl/N-ethyl adjacent to an activating group) is 1. The first-order valence-corrected chi connectivity index (χ1v) is 6.75. The Hall–Kier alpha value is -1.48. The number of nitrogens with two attached hydrogens (primary N) is 1. The van der Waals surface area contributed by atoms with Crippen molar-refractivity contribution in [2.45, 2.75) is 6.42 Å². The molecule has 0 atom stereocenters. The first-order chi connectivity index (χ1) is 8.65. The molecule has 2 N–H and O–H groups in total. The Balaban J connectivity index is 1.96. The molecule has 0 unspecified atom stereocenters. The van der Waals surface area contributed by atoms with Crippen molar-refractivity contribution in [1.29, 1.82) is 0 Å². The van der Waals surface area contributed by atoms with Crippen LogP contribution in [0.4, 0.5) is 11.4 Å². The van der Waals surface area contributed by atoms with E-state index in [9.17, 15) is 0 Å². The van der Waals surface area contributed by atoms with E-state index >= 15 is 0 Å². The molecule has 0 aromatic heterocycles. The second kappa shape index (κ2) is 5.91. The van der Waals surface area contributed by atoms with Gasteiger partial charge in [0.05, 0.1) is 0 Å². The second-order valence-corrected chi connectivity index (χ2v) is 5.31. The van der Waals surface area contributed by atoms with Gasteiger partial charge in [-0.2, -0.15) is 0 Å². The summed E-state index contributed by atoms with van der Waals surface area (Å²) in [7, 11) is 2.10. The lowest BCUT2D eigenvalue weighted by molar-refractivity contribution is 0.876. The lowest BCUT2D eigenvalue weighted by Gasteiger charge is -2.19. The average Bonchev–Trinajstić information content (AvgIpc) is 2.37. The van der Waals surface area contributed by atoms with Crippen molar-refractivity contribution in [1.82, 2.24) is 0 Å². The summed E-state index contributed by atoms with van der Waals surface area (Å²) in [6.07, 6.45) is 1.03. The molecule has 18 heavy (non-hydrogen) atoms. The minimum absolute atomic E-state index is 0.805. The highest BCUT2D eigenvalue weighted by molar-refractivity contribution is 9.10. The highest BCUT2D eigenvalue weighted by Gasteiger charge is 2.01. The molecule has 2 aromatic carbocycles. The highest BCUT2D eigenvalue weighted by Crippen LogP contribution is 2.16. The van der Waals surface area contributed by atoms with E-state index in [1.165, 1.54) is 11.3 Å². The van der Waals surface area contributed by atoms with Crippen LogP contribution in [-0.2, 0) is 6.42 Å². The van der Waals surface area contributed by atoms with Crippen molar-refractivity contribution in [3.63, 3.8) is 0 Å². The maximum absolute atomic E-state index is 5.68. The van der Waals surface area contributed by atoms with E-state index in [2.05, 4.69) is 58.2 Å². The number of nitrogen functional groups attached to an aromatic ring is 1. The van der Waals surface area contributed by atoms with Gasteiger partial charge in [-0.05, 0) is 48.4 Å². The van der Waals surface area contributed by atoms with Gasteiger partial charge >= 0.3 is 0 Å². The molecular weight excluding hydrogens is 288 g/mol. The van der Waals surface area contributed by atoms with E-state index in [0.29, 0.717) is 0 Å². The molecule has 0 fully saturated rings. The highest BCUT2D eigenvalue weighted by atomic mass is 79.9. The number of anilines is 2. The molecule has 0 bridgehead atoms. The largest absolute Gasteiger partial charge is 0.399 e. The SMILES string of the molecule is CN(CCc1cccc(Br)c1)c1ccc(N)cc1. The van der Waals surface area contributed by atoms with Crippen molar-refractivity contribution < 1.29 is 0 Å². The Morgan fingerprint density at radius 2 is 1.83 bits per heavy atom. The summed E-state index contributed by atoms with van der Waals surface area (Å²) in [6, 6.07) is 16.4. The van der Waals surface area contributed by atoms with Crippen LogP contribution in [0.1, 0.15) is 5.56 Å². The lowest BCUT2D eigenvalue weighted by Crippen LogP contribution is -2.20. The number of nitrogens with zero attached hydrogens (tertiary/aromatic N) is 1. The van der Waals surface area contributed by atoms with Gasteiger partial charge in [0.15, 0.2) is 0 Å². The summed E-state index contributed by atoms with van der Waals surface area (Å²) >= 11 is 3.49. The quantitative estimate of drug-likeness (QED) is 0.873. The summed E-state index contributed by atoms with van der Waals surface area (Å²) in [5, 5.41) is 0. The van der Waals surface area contributed by atoms with E-state index in [4.69, 9.17) is 5.73 Å². The maximum Gasteiger partial charge on any atom is 0.0365 e. The molecule has 2 aromatic rings. The van der Waals surface area contributed by atoms with Gasteiger partial charge in [-0.25, -0.2) is 0 Å². The van der Waals surface area contributed by atoms with E-state index < -0.39 is 0 Å². The fourth-order valence-corrected chi connectivity index (χ4v) is 2.29. The van der Waals surface area contributed by atoms with Crippen LogP contribution in [0.5, 0.6) is 0 Å². The van der Waals surface area contributed by atoms with Gasteiger partial charge in [0, 0.05) is 29.4 Å². The molecule has 0 radical (unpaired) electrons. The van der Waals surface area contributed by atoms with Gasteiger partial charge in [0.1, 0.15) is 0 Å². The number of hydrogen-bond acceptors (Lipinski definition) is 2. The van der Waals surface area contributed by atoms with Gasteiger partial charge in [-0.15, -0.1) is 0 Å². The second-order valence-electron chi connectivity index (χ2n) is 4.39. The van der Waals surface area contributed by atoms with Crippen LogP contribution in [0, 0.1) is 0 Å². The first kappa shape index (κ1) is 13.0. The van der Waals surface area contributed by atoms with Gasteiger partial charge < -0.3 is 10.6 Å². The molecule has 2 rings (SSSR count). The van der Waals surface area contributed by atoms with Crippen molar-refractivity contribution in [2.75, 3.05) is 24.2 Å². The van der Waals surface area contributed by atoms with Crippen LogP contribution in [0.3, 0.4) is 0 Å². The molecule has 0 aliphatic carbocycles. The average molecular weight is 305 g/mol. The molecular formula is C15H17BrN2. The fourth-order valence-electron chi connectivity index (χ4n) is 1.85. The van der Waals surface area contributed by atoms with Crippen molar-refractivity contribution in [3.05, 3.63) is 58.6 Å². The standard InChI is InChI=1S/C15H17BrN2/c1-18(15-7-5-14(17)6-8-15)10-9-12-3-2-4-13(16)11-12/h2-8,11H,9-10,17H2,1H3. The Morgan fingerprint density at radius 1 is 1.11 bits per heavy atom.